The maximum absolute atomic E-state index is 12.5. The zero-order valence-corrected chi connectivity index (χ0v) is 13.0. The summed E-state index contributed by atoms with van der Waals surface area (Å²) in [4.78, 5) is 12.5. The molecule has 0 bridgehead atoms. The first-order valence-electron chi connectivity index (χ1n) is 7.25. The quantitative estimate of drug-likeness (QED) is 0.886. The van der Waals surface area contributed by atoms with E-state index in [4.69, 9.17) is 0 Å². The van der Waals surface area contributed by atoms with Crippen molar-refractivity contribution in [2.24, 2.45) is 17.3 Å². The predicted molar refractivity (Wildman–Crippen MR) is 75.6 cm³/mol. The minimum Gasteiger partial charge on any atom is -0.344 e. The molecule has 1 amide bonds. The standard InChI is InChI=1S/C14H25N5O/c1-9-6-10(8-13(2,3)7-9)11(20)15-14(4,5)12-16-18-19-17-12/h9-10H,6-8H2,1-5H3,(H,15,20)(H,16,17,18,19). The van der Waals surface area contributed by atoms with Gasteiger partial charge < -0.3 is 5.32 Å². The van der Waals surface area contributed by atoms with Gasteiger partial charge in [-0.25, -0.2) is 0 Å². The summed E-state index contributed by atoms with van der Waals surface area (Å²) in [6.07, 6.45) is 3.08. The van der Waals surface area contributed by atoms with Crippen molar-refractivity contribution in [2.75, 3.05) is 0 Å². The van der Waals surface area contributed by atoms with E-state index >= 15 is 0 Å². The summed E-state index contributed by atoms with van der Waals surface area (Å²) in [6.45, 7) is 10.5. The zero-order chi connectivity index (χ0) is 15.0. The molecule has 1 aliphatic carbocycles. The number of amides is 1. The topological polar surface area (TPSA) is 83.6 Å². The molecule has 112 valence electrons. The van der Waals surface area contributed by atoms with Gasteiger partial charge in [0, 0.05) is 5.92 Å². The second-order valence-corrected chi connectivity index (χ2v) is 7.46. The first kappa shape index (κ1) is 14.9. The lowest BCUT2D eigenvalue weighted by Crippen LogP contribution is -2.47. The Balaban J connectivity index is 2.05. The zero-order valence-electron chi connectivity index (χ0n) is 13.0. The van der Waals surface area contributed by atoms with E-state index < -0.39 is 5.54 Å². The highest BCUT2D eigenvalue weighted by Gasteiger charge is 2.38. The Bertz CT molecular complexity index is 466. The monoisotopic (exact) mass is 279 g/mol. The fourth-order valence-corrected chi connectivity index (χ4v) is 3.44. The number of nitrogens with one attached hydrogen (secondary N) is 2. The molecular formula is C14H25N5O. The second kappa shape index (κ2) is 5.14. The van der Waals surface area contributed by atoms with E-state index in [1.54, 1.807) is 0 Å². The summed E-state index contributed by atoms with van der Waals surface area (Å²) in [5, 5.41) is 17.0. The van der Waals surface area contributed by atoms with Gasteiger partial charge in [0.25, 0.3) is 0 Å². The van der Waals surface area contributed by atoms with Crippen LogP contribution in [0.3, 0.4) is 0 Å². The minimum absolute atomic E-state index is 0.0694. The van der Waals surface area contributed by atoms with Gasteiger partial charge in [-0.1, -0.05) is 26.0 Å². The molecule has 0 aliphatic heterocycles. The third-order valence-corrected chi connectivity index (χ3v) is 4.10. The summed E-state index contributed by atoms with van der Waals surface area (Å²) in [6, 6.07) is 0. The van der Waals surface area contributed by atoms with Crippen molar-refractivity contribution >= 4 is 5.91 Å². The smallest absolute Gasteiger partial charge is 0.223 e. The van der Waals surface area contributed by atoms with Crippen LogP contribution in [0.2, 0.25) is 0 Å². The molecule has 0 radical (unpaired) electrons. The molecule has 20 heavy (non-hydrogen) atoms. The molecule has 1 saturated carbocycles. The van der Waals surface area contributed by atoms with Crippen LogP contribution in [0.15, 0.2) is 0 Å². The van der Waals surface area contributed by atoms with Gasteiger partial charge >= 0.3 is 0 Å². The lowest BCUT2D eigenvalue weighted by molar-refractivity contribution is -0.129. The largest absolute Gasteiger partial charge is 0.344 e. The van der Waals surface area contributed by atoms with Crippen molar-refractivity contribution in [2.45, 2.75) is 59.4 Å². The molecule has 6 heteroatoms. The van der Waals surface area contributed by atoms with E-state index in [1.165, 1.54) is 6.42 Å². The Hall–Kier alpha value is -1.46. The van der Waals surface area contributed by atoms with Crippen LogP contribution in [0.5, 0.6) is 0 Å². The Labute approximate surface area is 120 Å². The van der Waals surface area contributed by atoms with Crippen molar-refractivity contribution in [1.29, 1.82) is 0 Å². The van der Waals surface area contributed by atoms with Crippen molar-refractivity contribution in [3.05, 3.63) is 5.82 Å². The molecule has 1 heterocycles. The van der Waals surface area contributed by atoms with E-state index in [9.17, 15) is 4.79 Å². The van der Waals surface area contributed by atoms with E-state index in [0.717, 1.165) is 12.8 Å². The number of aromatic amines is 1. The van der Waals surface area contributed by atoms with E-state index in [-0.39, 0.29) is 17.2 Å². The molecule has 2 atom stereocenters. The van der Waals surface area contributed by atoms with Crippen LogP contribution >= 0.6 is 0 Å². The van der Waals surface area contributed by atoms with Crippen molar-refractivity contribution < 1.29 is 4.79 Å². The third kappa shape index (κ3) is 3.35. The molecule has 0 saturated heterocycles. The van der Waals surface area contributed by atoms with Gasteiger partial charge in [0.05, 0.1) is 5.54 Å². The summed E-state index contributed by atoms with van der Waals surface area (Å²) >= 11 is 0. The molecule has 0 spiro atoms. The van der Waals surface area contributed by atoms with Crippen LogP contribution in [0.1, 0.15) is 59.7 Å². The van der Waals surface area contributed by atoms with Gasteiger partial charge in [0.2, 0.25) is 5.91 Å². The van der Waals surface area contributed by atoms with Gasteiger partial charge in [-0.3, -0.25) is 4.79 Å². The van der Waals surface area contributed by atoms with Crippen LogP contribution in [0.25, 0.3) is 0 Å². The van der Waals surface area contributed by atoms with Crippen LogP contribution in [0.4, 0.5) is 0 Å². The summed E-state index contributed by atoms with van der Waals surface area (Å²) in [7, 11) is 0. The highest BCUT2D eigenvalue weighted by atomic mass is 16.2. The number of aromatic nitrogens is 4. The van der Waals surface area contributed by atoms with Gasteiger partial charge in [-0.2, -0.15) is 5.21 Å². The minimum atomic E-state index is -0.602. The number of tetrazole rings is 1. The molecule has 2 N–H and O–H groups in total. The molecule has 2 unspecified atom stereocenters. The van der Waals surface area contributed by atoms with Gasteiger partial charge in [0.15, 0.2) is 5.82 Å². The van der Waals surface area contributed by atoms with Crippen LogP contribution in [-0.4, -0.2) is 26.5 Å². The summed E-state index contributed by atoms with van der Waals surface area (Å²) in [5.74, 6) is 1.26. The molecule has 1 aliphatic rings. The maximum Gasteiger partial charge on any atom is 0.223 e. The highest BCUT2D eigenvalue weighted by Crippen LogP contribution is 2.41. The Morgan fingerprint density at radius 1 is 1.40 bits per heavy atom. The van der Waals surface area contributed by atoms with Crippen molar-refractivity contribution in [3.8, 4) is 0 Å². The SMILES string of the molecule is CC1CC(C(=O)NC(C)(C)c2nn[nH]n2)CC(C)(C)C1. The molecule has 1 aromatic rings. The Morgan fingerprint density at radius 2 is 2.10 bits per heavy atom. The Kier molecular flexibility index (Phi) is 3.84. The lowest BCUT2D eigenvalue weighted by Gasteiger charge is -2.39. The molecule has 1 aromatic heterocycles. The molecule has 6 nitrogen and oxygen atoms in total. The van der Waals surface area contributed by atoms with Gasteiger partial charge in [-0.05, 0) is 44.4 Å². The number of carbonyl (C=O) groups is 1. The summed E-state index contributed by atoms with van der Waals surface area (Å²) < 4.78 is 0. The predicted octanol–water partition coefficient (Wildman–Crippen LogP) is 2.01. The van der Waals surface area contributed by atoms with Crippen molar-refractivity contribution in [1.82, 2.24) is 25.9 Å². The number of nitrogens with zero attached hydrogens (tertiary/aromatic N) is 3. The van der Waals surface area contributed by atoms with E-state index in [1.807, 2.05) is 13.8 Å². The fourth-order valence-electron chi connectivity index (χ4n) is 3.44. The fraction of sp³-hybridized carbons (Fsp3) is 0.857. The average Bonchev–Trinajstić information content (AvgIpc) is 2.79. The van der Waals surface area contributed by atoms with Gasteiger partial charge in [0.1, 0.15) is 0 Å². The number of hydrogen-bond acceptors (Lipinski definition) is 4. The van der Waals surface area contributed by atoms with Gasteiger partial charge in [-0.15, -0.1) is 10.2 Å². The van der Waals surface area contributed by atoms with E-state index in [0.29, 0.717) is 11.7 Å². The van der Waals surface area contributed by atoms with Crippen LogP contribution in [-0.2, 0) is 10.3 Å². The molecular weight excluding hydrogens is 254 g/mol. The number of rotatable bonds is 3. The normalized spacial score (nSPS) is 26.2. The number of hydrogen-bond donors (Lipinski definition) is 2. The molecule has 0 aromatic carbocycles. The summed E-state index contributed by atoms with van der Waals surface area (Å²) in [5.41, 5.74) is -0.370. The van der Waals surface area contributed by atoms with Crippen LogP contribution < -0.4 is 5.32 Å². The highest BCUT2D eigenvalue weighted by molar-refractivity contribution is 5.79. The second-order valence-electron chi connectivity index (χ2n) is 7.46. The first-order valence-corrected chi connectivity index (χ1v) is 7.25. The van der Waals surface area contributed by atoms with E-state index in [2.05, 4.69) is 46.7 Å². The first-order chi connectivity index (χ1) is 9.20. The Morgan fingerprint density at radius 3 is 2.65 bits per heavy atom. The molecule has 1 fully saturated rings. The number of carbonyl (C=O) groups excluding carboxylic acids is 1. The van der Waals surface area contributed by atoms with Crippen molar-refractivity contribution in [3.63, 3.8) is 0 Å². The van der Waals surface area contributed by atoms with Crippen LogP contribution in [0, 0.1) is 17.3 Å². The number of H-pyrrole nitrogens is 1. The third-order valence-electron chi connectivity index (χ3n) is 4.10. The average molecular weight is 279 g/mol. The molecule has 2 rings (SSSR count). The maximum atomic E-state index is 12.5. The lowest BCUT2D eigenvalue weighted by atomic mass is 9.67.